The summed E-state index contributed by atoms with van der Waals surface area (Å²) in [6, 6.07) is 15.1. The smallest absolute Gasteiger partial charge is 0.0873 e. The molecule has 0 aliphatic carbocycles. The zero-order chi connectivity index (χ0) is 16.3. The summed E-state index contributed by atoms with van der Waals surface area (Å²) in [5, 5.41) is 2.57. The standard InChI is InChI=1S/C22H30O/c1-3-4-5-6-7-8-11-16-23-18-19(2)21-15-14-20-12-9-10-13-22(20)17-21/h9-10,12-15,17-18H,3-8,11,16H2,1-2H3. The molecule has 0 atom stereocenters. The Morgan fingerprint density at radius 2 is 1.57 bits per heavy atom. The molecule has 23 heavy (non-hydrogen) atoms. The van der Waals surface area contributed by atoms with E-state index in [2.05, 4.69) is 56.3 Å². The number of hydrogen-bond acceptors (Lipinski definition) is 1. The molecule has 2 aromatic rings. The van der Waals surface area contributed by atoms with Gasteiger partial charge in [-0.3, -0.25) is 0 Å². The molecular weight excluding hydrogens is 280 g/mol. The fourth-order valence-electron chi connectivity index (χ4n) is 2.83. The number of fused-ring (bicyclic) bond motifs is 1. The summed E-state index contributed by atoms with van der Waals surface area (Å²) in [6.45, 7) is 5.21. The van der Waals surface area contributed by atoms with Gasteiger partial charge in [-0.25, -0.2) is 0 Å². The minimum atomic E-state index is 0.832. The monoisotopic (exact) mass is 310 g/mol. The van der Waals surface area contributed by atoms with E-state index in [4.69, 9.17) is 4.74 Å². The van der Waals surface area contributed by atoms with Gasteiger partial charge in [0.25, 0.3) is 0 Å². The van der Waals surface area contributed by atoms with Crippen LogP contribution >= 0.6 is 0 Å². The Labute approximate surface area is 141 Å². The van der Waals surface area contributed by atoms with Crippen molar-refractivity contribution in [2.75, 3.05) is 6.61 Å². The average Bonchev–Trinajstić information content (AvgIpc) is 2.59. The van der Waals surface area contributed by atoms with Crippen LogP contribution in [0.2, 0.25) is 0 Å². The number of allylic oxidation sites excluding steroid dienone is 1. The van der Waals surface area contributed by atoms with Crippen LogP contribution in [0.25, 0.3) is 16.3 Å². The van der Waals surface area contributed by atoms with Gasteiger partial charge in [-0.1, -0.05) is 81.8 Å². The minimum Gasteiger partial charge on any atom is -0.501 e. The summed E-state index contributed by atoms with van der Waals surface area (Å²) in [5.41, 5.74) is 2.43. The molecule has 0 radical (unpaired) electrons. The van der Waals surface area contributed by atoms with Gasteiger partial charge in [0.15, 0.2) is 0 Å². The highest BCUT2D eigenvalue weighted by Crippen LogP contribution is 2.21. The number of unbranched alkanes of at least 4 members (excludes halogenated alkanes) is 6. The van der Waals surface area contributed by atoms with E-state index in [1.165, 1.54) is 60.4 Å². The van der Waals surface area contributed by atoms with Crippen molar-refractivity contribution >= 4 is 16.3 Å². The van der Waals surface area contributed by atoms with Crippen LogP contribution < -0.4 is 0 Å². The van der Waals surface area contributed by atoms with Crippen molar-refractivity contribution in [2.24, 2.45) is 0 Å². The van der Waals surface area contributed by atoms with Crippen LogP contribution in [0.1, 0.15) is 64.4 Å². The van der Waals surface area contributed by atoms with E-state index in [0.29, 0.717) is 0 Å². The van der Waals surface area contributed by atoms with E-state index in [9.17, 15) is 0 Å². The van der Waals surface area contributed by atoms with E-state index < -0.39 is 0 Å². The zero-order valence-corrected chi connectivity index (χ0v) is 14.7. The molecule has 0 unspecified atom stereocenters. The second kappa shape index (κ2) is 10.1. The second-order valence-corrected chi connectivity index (χ2v) is 6.35. The van der Waals surface area contributed by atoms with E-state index in [1.54, 1.807) is 0 Å². The third-order valence-corrected chi connectivity index (χ3v) is 4.33. The fraction of sp³-hybridized carbons (Fsp3) is 0.455. The van der Waals surface area contributed by atoms with Gasteiger partial charge in [0.05, 0.1) is 12.9 Å². The molecule has 0 fully saturated rings. The predicted molar refractivity (Wildman–Crippen MR) is 102 cm³/mol. The average molecular weight is 310 g/mol. The summed E-state index contributed by atoms with van der Waals surface area (Å²) >= 11 is 0. The molecule has 1 heteroatoms. The van der Waals surface area contributed by atoms with Gasteiger partial charge in [-0.2, -0.15) is 0 Å². The lowest BCUT2D eigenvalue weighted by Gasteiger charge is -2.06. The molecular formula is C22H30O. The van der Waals surface area contributed by atoms with Gasteiger partial charge >= 0.3 is 0 Å². The largest absolute Gasteiger partial charge is 0.501 e. The maximum Gasteiger partial charge on any atom is 0.0873 e. The molecule has 0 bridgehead atoms. The predicted octanol–water partition coefficient (Wildman–Crippen LogP) is 6.97. The maximum absolute atomic E-state index is 5.73. The maximum atomic E-state index is 5.73. The van der Waals surface area contributed by atoms with Crippen LogP contribution in [0.3, 0.4) is 0 Å². The summed E-state index contributed by atoms with van der Waals surface area (Å²) in [6.07, 6.45) is 11.2. The van der Waals surface area contributed by atoms with Crippen molar-refractivity contribution in [1.82, 2.24) is 0 Å². The molecule has 0 spiro atoms. The van der Waals surface area contributed by atoms with E-state index in [1.807, 2.05) is 6.26 Å². The first-order chi connectivity index (χ1) is 11.3. The normalized spacial score (nSPS) is 11.8. The lowest BCUT2D eigenvalue weighted by atomic mass is 10.0. The summed E-state index contributed by atoms with van der Waals surface area (Å²) in [7, 11) is 0. The lowest BCUT2D eigenvalue weighted by molar-refractivity contribution is 0.241. The molecule has 0 N–H and O–H groups in total. The minimum absolute atomic E-state index is 0.832. The van der Waals surface area contributed by atoms with Crippen molar-refractivity contribution in [1.29, 1.82) is 0 Å². The number of rotatable bonds is 10. The zero-order valence-electron chi connectivity index (χ0n) is 14.7. The van der Waals surface area contributed by atoms with Crippen molar-refractivity contribution in [3.8, 4) is 0 Å². The Morgan fingerprint density at radius 3 is 2.35 bits per heavy atom. The Balaban J connectivity index is 1.72. The van der Waals surface area contributed by atoms with Crippen LogP contribution in [0, 0.1) is 0 Å². The molecule has 124 valence electrons. The summed E-state index contributed by atoms with van der Waals surface area (Å²) < 4.78 is 5.73. The topological polar surface area (TPSA) is 9.23 Å². The molecule has 0 amide bonds. The van der Waals surface area contributed by atoms with Crippen molar-refractivity contribution < 1.29 is 4.74 Å². The fourth-order valence-corrected chi connectivity index (χ4v) is 2.83. The number of hydrogen-bond donors (Lipinski definition) is 0. The quantitative estimate of drug-likeness (QED) is 0.340. The van der Waals surface area contributed by atoms with Crippen LogP contribution in [-0.2, 0) is 4.74 Å². The van der Waals surface area contributed by atoms with Gasteiger partial charge in [-0.05, 0) is 41.3 Å². The van der Waals surface area contributed by atoms with Gasteiger partial charge in [0.1, 0.15) is 0 Å². The molecule has 0 aliphatic rings. The Bertz CT molecular complexity index is 612. The van der Waals surface area contributed by atoms with Crippen molar-refractivity contribution in [3.63, 3.8) is 0 Å². The van der Waals surface area contributed by atoms with E-state index >= 15 is 0 Å². The first kappa shape index (κ1) is 17.6. The molecule has 0 heterocycles. The third kappa shape index (κ3) is 6.09. The Hall–Kier alpha value is -1.76. The first-order valence-corrected chi connectivity index (χ1v) is 9.09. The Kier molecular flexibility index (Phi) is 7.72. The van der Waals surface area contributed by atoms with Crippen LogP contribution in [0.5, 0.6) is 0 Å². The highest BCUT2D eigenvalue weighted by Gasteiger charge is 1.99. The molecule has 0 saturated heterocycles. The van der Waals surface area contributed by atoms with Crippen LogP contribution in [0.4, 0.5) is 0 Å². The van der Waals surface area contributed by atoms with Crippen LogP contribution in [-0.4, -0.2) is 6.61 Å². The van der Waals surface area contributed by atoms with Gasteiger partial charge < -0.3 is 4.74 Å². The molecule has 0 aliphatic heterocycles. The molecule has 0 aromatic heterocycles. The third-order valence-electron chi connectivity index (χ3n) is 4.33. The van der Waals surface area contributed by atoms with Gasteiger partial charge in [-0.15, -0.1) is 0 Å². The van der Waals surface area contributed by atoms with Crippen molar-refractivity contribution in [3.05, 3.63) is 54.3 Å². The number of benzene rings is 2. The lowest BCUT2D eigenvalue weighted by Crippen LogP contribution is -1.90. The molecule has 2 aromatic carbocycles. The molecule has 2 rings (SSSR count). The molecule has 1 nitrogen and oxygen atoms in total. The highest BCUT2D eigenvalue weighted by atomic mass is 16.5. The number of ether oxygens (including phenoxy) is 1. The van der Waals surface area contributed by atoms with Gasteiger partial charge in [0, 0.05) is 0 Å². The summed E-state index contributed by atoms with van der Waals surface area (Å²) in [5.74, 6) is 0. The van der Waals surface area contributed by atoms with Crippen LogP contribution in [0.15, 0.2) is 48.7 Å². The van der Waals surface area contributed by atoms with Crippen molar-refractivity contribution in [2.45, 2.75) is 58.8 Å². The SMILES string of the molecule is CCCCCCCCCOC=C(C)c1ccc2ccccc2c1. The van der Waals surface area contributed by atoms with Gasteiger partial charge in [0.2, 0.25) is 0 Å². The van der Waals surface area contributed by atoms with E-state index in [-0.39, 0.29) is 0 Å². The highest BCUT2D eigenvalue weighted by molar-refractivity contribution is 5.85. The molecule has 0 saturated carbocycles. The second-order valence-electron chi connectivity index (χ2n) is 6.35. The van der Waals surface area contributed by atoms with E-state index in [0.717, 1.165) is 13.0 Å². The summed E-state index contributed by atoms with van der Waals surface area (Å²) in [4.78, 5) is 0. The first-order valence-electron chi connectivity index (χ1n) is 9.09. The Morgan fingerprint density at radius 1 is 0.870 bits per heavy atom.